The Morgan fingerprint density at radius 3 is 2.34 bits per heavy atom. The maximum absolute atomic E-state index is 6.31. The summed E-state index contributed by atoms with van der Waals surface area (Å²) in [5.41, 5.74) is 0.771. The Kier molecular flexibility index (Phi) is 9.20. The van der Waals surface area contributed by atoms with Gasteiger partial charge in [-0.1, -0.05) is 60.6 Å². The molecular weight excluding hydrogens is 414 g/mol. The minimum absolute atomic E-state index is 0.257. The van der Waals surface area contributed by atoms with E-state index in [9.17, 15) is 0 Å². The van der Waals surface area contributed by atoms with Crippen molar-refractivity contribution >= 4 is 11.6 Å². The van der Waals surface area contributed by atoms with Crippen LogP contribution in [0.3, 0.4) is 0 Å². The Labute approximate surface area is 204 Å². The van der Waals surface area contributed by atoms with E-state index < -0.39 is 0 Å². The highest BCUT2D eigenvalue weighted by molar-refractivity contribution is 6.21. The highest BCUT2D eigenvalue weighted by Gasteiger charge is 2.40. The van der Waals surface area contributed by atoms with Crippen molar-refractivity contribution in [3.8, 4) is 0 Å². The SMILES string of the molecule is CC(C)[C@H](CN1CC[C@H](C2C=CC(Cl)CC2)C(C)(C)C1)NC[C@@H]1CCN(CC(C)(C)C)C1. The van der Waals surface area contributed by atoms with Crippen LogP contribution >= 0.6 is 11.6 Å². The molecule has 2 saturated heterocycles. The number of halogens is 1. The van der Waals surface area contributed by atoms with Crippen molar-refractivity contribution in [2.24, 2.45) is 34.5 Å². The predicted octanol–water partition coefficient (Wildman–Crippen LogP) is 5.89. The molecule has 0 amide bonds. The molecule has 0 saturated carbocycles. The van der Waals surface area contributed by atoms with E-state index in [1.54, 1.807) is 0 Å². The van der Waals surface area contributed by atoms with Crippen LogP contribution in [0.25, 0.3) is 0 Å². The smallest absolute Gasteiger partial charge is 0.0516 e. The molecule has 0 radical (unpaired) electrons. The van der Waals surface area contributed by atoms with Gasteiger partial charge in [-0.05, 0) is 79.8 Å². The zero-order chi connectivity index (χ0) is 23.5. The van der Waals surface area contributed by atoms with Gasteiger partial charge in [-0.2, -0.15) is 0 Å². The van der Waals surface area contributed by atoms with Crippen LogP contribution in [0.2, 0.25) is 0 Å². The average molecular weight is 466 g/mol. The molecule has 32 heavy (non-hydrogen) atoms. The summed E-state index contributed by atoms with van der Waals surface area (Å²) in [4.78, 5) is 5.43. The highest BCUT2D eigenvalue weighted by atomic mass is 35.5. The summed E-state index contributed by atoms with van der Waals surface area (Å²) in [6, 6.07) is 0.589. The molecule has 186 valence electrons. The summed E-state index contributed by atoms with van der Waals surface area (Å²) in [6.45, 7) is 25.5. The topological polar surface area (TPSA) is 18.5 Å². The molecule has 2 aliphatic heterocycles. The number of nitrogens with one attached hydrogen (secondary N) is 1. The van der Waals surface area contributed by atoms with Gasteiger partial charge in [0.15, 0.2) is 0 Å². The molecule has 2 fully saturated rings. The lowest BCUT2D eigenvalue weighted by Crippen LogP contribution is -2.53. The maximum Gasteiger partial charge on any atom is 0.0516 e. The summed E-state index contributed by atoms with van der Waals surface area (Å²) >= 11 is 6.31. The average Bonchev–Trinajstić information content (AvgIpc) is 3.10. The molecule has 2 unspecified atom stereocenters. The maximum atomic E-state index is 6.31. The number of hydrogen-bond donors (Lipinski definition) is 1. The third-order valence-electron chi connectivity index (χ3n) is 8.25. The molecule has 0 aromatic heterocycles. The zero-order valence-electron chi connectivity index (χ0n) is 22.2. The lowest BCUT2D eigenvalue weighted by molar-refractivity contribution is 0.0218. The normalized spacial score (nSPS) is 33.2. The van der Waals surface area contributed by atoms with E-state index in [1.165, 1.54) is 65.1 Å². The first-order valence-electron chi connectivity index (χ1n) is 13.4. The van der Waals surface area contributed by atoms with Gasteiger partial charge in [-0.25, -0.2) is 0 Å². The Balaban J connectivity index is 1.48. The number of likely N-dealkylation sites (tertiary alicyclic amines) is 2. The Bertz CT molecular complexity index is 608. The molecular formula is C28H52ClN3. The van der Waals surface area contributed by atoms with Crippen molar-refractivity contribution in [3.63, 3.8) is 0 Å². The summed E-state index contributed by atoms with van der Waals surface area (Å²) in [5, 5.41) is 4.26. The van der Waals surface area contributed by atoms with Crippen LogP contribution in [0.5, 0.6) is 0 Å². The fourth-order valence-corrected chi connectivity index (χ4v) is 6.79. The fraction of sp³-hybridized carbons (Fsp3) is 0.929. The number of rotatable bonds is 8. The van der Waals surface area contributed by atoms with E-state index in [-0.39, 0.29) is 5.38 Å². The number of allylic oxidation sites excluding steroid dienone is 2. The van der Waals surface area contributed by atoms with Crippen LogP contribution in [0, 0.1) is 34.5 Å². The summed E-state index contributed by atoms with van der Waals surface area (Å²) in [5.74, 6) is 2.99. The van der Waals surface area contributed by atoms with Gasteiger partial charge in [-0.3, -0.25) is 0 Å². The van der Waals surface area contributed by atoms with Crippen molar-refractivity contribution in [1.29, 1.82) is 0 Å². The second-order valence-corrected chi connectivity index (χ2v) is 14.0. The van der Waals surface area contributed by atoms with Gasteiger partial charge in [-0.15, -0.1) is 11.6 Å². The number of piperidine rings is 1. The molecule has 0 spiro atoms. The van der Waals surface area contributed by atoms with Crippen LogP contribution < -0.4 is 5.32 Å². The largest absolute Gasteiger partial charge is 0.312 e. The first-order chi connectivity index (χ1) is 14.9. The fourth-order valence-electron chi connectivity index (χ4n) is 6.58. The van der Waals surface area contributed by atoms with Gasteiger partial charge in [0.2, 0.25) is 0 Å². The first-order valence-corrected chi connectivity index (χ1v) is 13.9. The van der Waals surface area contributed by atoms with Crippen LogP contribution in [-0.2, 0) is 0 Å². The van der Waals surface area contributed by atoms with Crippen LogP contribution in [0.4, 0.5) is 0 Å². The third kappa shape index (κ3) is 7.72. The monoisotopic (exact) mass is 465 g/mol. The van der Waals surface area contributed by atoms with Gasteiger partial charge in [0.25, 0.3) is 0 Å². The van der Waals surface area contributed by atoms with Crippen LogP contribution in [-0.4, -0.2) is 67.0 Å². The van der Waals surface area contributed by atoms with E-state index in [4.69, 9.17) is 11.6 Å². The van der Waals surface area contributed by atoms with Crippen molar-refractivity contribution in [2.75, 3.05) is 45.8 Å². The quantitative estimate of drug-likeness (QED) is 0.356. The second-order valence-electron chi connectivity index (χ2n) is 13.5. The molecule has 3 rings (SSSR count). The Morgan fingerprint density at radius 2 is 1.75 bits per heavy atom. The highest BCUT2D eigenvalue weighted by Crippen LogP contribution is 2.43. The third-order valence-corrected chi connectivity index (χ3v) is 8.61. The Morgan fingerprint density at radius 1 is 1.03 bits per heavy atom. The number of alkyl halides is 1. The van der Waals surface area contributed by atoms with Gasteiger partial charge in [0.1, 0.15) is 0 Å². The van der Waals surface area contributed by atoms with Gasteiger partial charge in [0, 0.05) is 32.2 Å². The van der Waals surface area contributed by atoms with Crippen molar-refractivity contribution in [3.05, 3.63) is 12.2 Å². The van der Waals surface area contributed by atoms with Gasteiger partial charge in [0.05, 0.1) is 5.38 Å². The minimum atomic E-state index is 0.257. The number of hydrogen-bond acceptors (Lipinski definition) is 3. The molecule has 1 N–H and O–H groups in total. The lowest BCUT2D eigenvalue weighted by atomic mass is 9.65. The van der Waals surface area contributed by atoms with E-state index in [0.29, 0.717) is 22.8 Å². The van der Waals surface area contributed by atoms with Crippen molar-refractivity contribution < 1.29 is 0 Å². The summed E-state index contributed by atoms with van der Waals surface area (Å²) in [7, 11) is 0. The molecule has 2 heterocycles. The molecule has 4 heteroatoms. The summed E-state index contributed by atoms with van der Waals surface area (Å²) in [6.07, 6.45) is 9.78. The standard InChI is InChI=1S/C28H52ClN3/c1-21(2)26(30-16-22-12-14-31(17-22)19-27(3,4)5)18-32-15-13-25(28(6,7)20-32)23-8-10-24(29)11-9-23/h8,10,21-26,30H,9,11-20H2,1-7H3/t22-,23?,24?,25+,26-/m0/s1. The molecule has 3 aliphatic rings. The lowest BCUT2D eigenvalue weighted by Gasteiger charge is -2.48. The predicted molar refractivity (Wildman–Crippen MR) is 140 cm³/mol. The first kappa shape index (κ1) is 26.5. The van der Waals surface area contributed by atoms with E-state index >= 15 is 0 Å². The molecule has 0 aromatic carbocycles. The van der Waals surface area contributed by atoms with E-state index in [0.717, 1.165) is 24.2 Å². The van der Waals surface area contributed by atoms with Crippen LogP contribution in [0.15, 0.2) is 12.2 Å². The molecule has 5 atom stereocenters. The number of nitrogens with zero attached hydrogens (tertiary/aromatic N) is 2. The van der Waals surface area contributed by atoms with Crippen molar-refractivity contribution in [2.45, 2.75) is 85.6 Å². The van der Waals surface area contributed by atoms with Gasteiger partial charge < -0.3 is 15.1 Å². The minimum Gasteiger partial charge on any atom is -0.312 e. The molecule has 0 bridgehead atoms. The summed E-state index contributed by atoms with van der Waals surface area (Å²) < 4.78 is 0. The molecule has 3 nitrogen and oxygen atoms in total. The molecule has 1 aliphatic carbocycles. The van der Waals surface area contributed by atoms with E-state index in [1.807, 2.05) is 0 Å². The van der Waals surface area contributed by atoms with Gasteiger partial charge >= 0.3 is 0 Å². The van der Waals surface area contributed by atoms with E-state index in [2.05, 4.69) is 75.7 Å². The van der Waals surface area contributed by atoms with Crippen molar-refractivity contribution in [1.82, 2.24) is 15.1 Å². The van der Waals surface area contributed by atoms with Crippen LogP contribution in [0.1, 0.15) is 74.1 Å². The molecule has 0 aromatic rings. The zero-order valence-corrected chi connectivity index (χ0v) is 22.9. The Hall–Kier alpha value is -0.0900. The second kappa shape index (κ2) is 11.1.